The van der Waals surface area contributed by atoms with E-state index >= 15 is 0 Å². The highest BCUT2D eigenvalue weighted by Gasteiger charge is 2.41. The highest BCUT2D eigenvalue weighted by Crippen LogP contribution is 2.39. The maximum Gasteiger partial charge on any atom is 0.305 e. The molecule has 1 fully saturated rings. The fraction of sp³-hybridized carbons (Fsp3) is 0.304. The average Bonchev–Trinajstić information content (AvgIpc) is 3.39. The molecule has 0 aromatic carbocycles. The molecule has 0 aliphatic carbocycles. The SMILES string of the molecule is COC(=O)CCCN1C(=S)NC(c2ccccn2)C1c1cccn1-c1ccc(C)cn1. The van der Waals surface area contributed by atoms with Gasteiger partial charge in [-0.05, 0) is 61.5 Å². The summed E-state index contributed by atoms with van der Waals surface area (Å²) in [5, 5.41) is 4.09. The van der Waals surface area contributed by atoms with Crippen LogP contribution in [0.3, 0.4) is 0 Å². The van der Waals surface area contributed by atoms with Gasteiger partial charge in [0.25, 0.3) is 0 Å². The van der Waals surface area contributed by atoms with Crippen LogP contribution in [-0.2, 0) is 9.53 Å². The summed E-state index contributed by atoms with van der Waals surface area (Å²) in [6.07, 6.45) is 6.65. The minimum absolute atomic E-state index is 0.0989. The lowest BCUT2D eigenvalue weighted by Gasteiger charge is -2.28. The molecule has 1 aliphatic heterocycles. The summed E-state index contributed by atoms with van der Waals surface area (Å²) < 4.78 is 6.88. The van der Waals surface area contributed by atoms with E-state index in [1.54, 1.807) is 6.20 Å². The molecule has 2 unspecified atom stereocenters. The quantitative estimate of drug-likeness (QED) is 0.450. The van der Waals surface area contributed by atoms with Gasteiger partial charge in [-0.2, -0.15) is 0 Å². The molecule has 31 heavy (non-hydrogen) atoms. The summed E-state index contributed by atoms with van der Waals surface area (Å²) in [6, 6.07) is 13.8. The monoisotopic (exact) mass is 435 g/mol. The maximum absolute atomic E-state index is 11.6. The number of esters is 1. The first-order chi connectivity index (χ1) is 15.1. The number of methoxy groups -OCH3 is 1. The van der Waals surface area contributed by atoms with Crippen molar-refractivity contribution in [3.8, 4) is 5.82 Å². The van der Waals surface area contributed by atoms with E-state index < -0.39 is 0 Å². The van der Waals surface area contributed by atoms with Gasteiger partial charge < -0.3 is 19.5 Å². The molecule has 0 spiro atoms. The summed E-state index contributed by atoms with van der Waals surface area (Å²) in [5.41, 5.74) is 3.07. The van der Waals surface area contributed by atoms with E-state index in [1.807, 2.05) is 55.7 Å². The molecule has 1 aliphatic rings. The Bertz CT molecular complexity index is 1050. The van der Waals surface area contributed by atoms with Gasteiger partial charge in [-0.25, -0.2) is 4.98 Å². The van der Waals surface area contributed by atoms with Crippen LogP contribution in [0.1, 0.15) is 41.9 Å². The zero-order chi connectivity index (χ0) is 21.8. The number of hydrogen-bond donors (Lipinski definition) is 1. The van der Waals surface area contributed by atoms with Gasteiger partial charge >= 0.3 is 5.97 Å². The summed E-state index contributed by atoms with van der Waals surface area (Å²) in [5.74, 6) is 0.626. The molecule has 3 aromatic rings. The van der Waals surface area contributed by atoms with Gasteiger partial charge in [0, 0.05) is 37.3 Å². The van der Waals surface area contributed by atoms with Crippen LogP contribution in [0.25, 0.3) is 5.82 Å². The van der Waals surface area contributed by atoms with Gasteiger partial charge in [0.1, 0.15) is 5.82 Å². The van der Waals surface area contributed by atoms with Crippen molar-refractivity contribution in [2.45, 2.75) is 31.8 Å². The van der Waals surface area contributed by atoms with Crippen molar-refractivity contribution in [3.63, 3.8) is 0 Å². The molecule has 0 radical (unpaired) electrons. The molecule has 4 rings (SSSR count). The van der Waals surface area contributed by atoms with Crippen molar-refractivity contribution in [3.05, 3.63) is 78.0 Å². The van der Waals surface area contributed by atoms with Crippen molar-refractivity contribution >= 4 is 23.3 Å². The second-order valence-corrected chi connectivity index (χ2v) is 7.88. The fourth-order valence-corrected chi connectivity index (χ4v) is 4.24. The predicted octanol–water partition coefficient (Wildman–Crippen LogP) is 3.50. The van der Waals surface area contributed by atoms with E-state index in [0.29, 0.717) is 24.5 Å². The molecule has 0 bridgehead atoms. The number of nitrogens with zero attached hydrogens (tertiary/aromatic N) is 4. The number of ether oxygens (including phenoxy) is 1. The van der Waals surface area contributed by atoms with E-state index in [2.05, 4.69) is 30.8 Å². The molecule has 160 valence electrons. The largest absolute Gasteiger partial charge is 0.469 e. The molecular weight excluding hydrogens is 410 g/mol. The summed E-state index contributed by atoms with van der Waals surface area (Å²) >= 11 is 5.70. The third-order valence-corrected chi connectivity index (χ3v) is 5.78. The van der Waals surface area contributed by atoms with Crippen LogP contribution in [0.5, 0.6) is 0 Å². The lowest BCUT2D eigenvalue weighted by Crippen LogP contribution is -2.31. The minimum atomic E-state index is -0.219. The molecule has 4 heterocycles. The first-order valence-electron chi connectivity index (χ1n) is 10.2. The van der Waals surface area contributed by atoms with E-state index in [1.165, 1.54) is 7.11 Å². The van der Waals surface area contributed by atoms with Crippen LogP contribution < -0.4 is 5.32 Å². The number of rotatable bonds is 7. The highest BCUT2D eigenvalue weighted by molar-refractivity contribution is 7.80. The molecule has 2 atom stereocenters. The normalized spacial score (nSPS) is 18.1. The first-order valence-corrected chi connectivity index (χ1v) is 10.6. The van der Waals surface area contributed by atoms with Gasteiger partial charge in [0.05, 0.1) is 24.9 Å². The first kappa shape index (κ1) is 21.0. The van der Waals surface area contributed by atoms with Crippen molar-refractivity contribution in [1.29, 1.82) is 0 Å². The Morgan fingerprint density at radius 3 is 2.77 bits per heavy atom. The number of pyridine rings is 2. The van der Waals surface area contributed by atoms with Gasteiger partial charge in [0.2, 0.25) is 0 Å². The number of aromatic nitrogens is 3. The van der Waals surface area contributed by atoms with Crippen LogP contribution in [-0.4, -0.2) is 44.2 Å². The van der Waals surface area contributed by atoms with Gasteiger partial charge in [0.15, 0.2) is 5.11 Å². The summed E-state index contributed by atoms with van der Waals surface area (Å²) in [4.78, 5) is 22.9. The lowest BCUT2D eigenvalue weighted by molar-refractivity contribution is -0.140. The van der Waals surface area contributed by atoms with Crippen LogP contribution in [0.4, 0.5) is 0 Å². The van der Waals surface area contributed by atoms with Crippen molar-refractivity contribution < 1.29 is 9.53 Å². The summed E-state index contributed by atoms with van der Waals surface area (Å²) in [6.45, 7) is 2.65. The Hall–Kier alpha value is -3.26. The zero-order valence-electron chi connectivity index (χ0n) is 17.6. The Labute approximate surface area is 187 Å². The van der Waals surface area contributed by atoms with Crippen LogP contribution in [0.2, 0.25) is 0 Å². The minimum Gasteiger partial charge on any atom is -0.469 e. The van der Waals surface area contributed by atoms with E-state index in [4.69, 9.17) is 17.0 Å². The smallest absolute Gasteiger partial charge is 0.305 e. The van der Waals surface area contributed by atoms with Crippen LogP contribution >= 0.6 is 12.2 Å². The lowest BCUT2D eigenvalue weighted by atomic mass is 10.0. The Balaban J connectivity index is 1.70. The van der Waals surface area contributed by atoms with Gasteiger partial charge in [-0.15, -0.1) is 0 Å². The predicted molar refractivity (Wildman–Crippen MR) is 122 cm³/mol. The Morgan fingerprint density at radius 1 is 1.19 bits per heavy atom. The average molecular weight is 436 g/mol. The zero-order valence-corrected chi connectivity index (χ0v) is 18.4. The second-order valence-electron chi connectivity index (χ2n) is 7.50. The standard InChI is InChI=1S/C23H25N5O2S/c1-16-10-11-19(25-15-16)27-13-5-8-18(27)22-21(17-7-3-4-12-24-17)26-23(31)28(22)14-6-9-20(29)30-2/h3-5,7-8,10-13,15,21-22H,6,9,14H2,1-2H3,(H,26,31). The second kappa shape index (κ2) is 9.26. The van der Waals surface area contributed by atoms with E-state index in [0.717, 1.165) is 22.8 Å². The molecular formula is C23H25N5O2S. The molecule has 0 amide bonds. The molecule has 0 saturated carbocycles. The van der Waals surface area contributed by atoms with Crippen molar-refractivity contribution in [1.82, 2.24) is 24.8 Å². The van der Waals surface area contributed by atoms with Crippen LogP contribution in [0, 0.1) is 6.92 Å². The van der Waals surface area contributed by atoms with Crippen molar-refractivity contribution in [2.75, 3.05) is 13.7 Å². The van der Waals surface area contributed by atoms with Crippen molar-refractivity contribution in [2.24, 2.45) is 0 Å². The Morgan fingerprint density at radius 2 is 2.06 bits per heavy atom. The third-order valence-electron chi connectivity index (χ3n) is 5.43. The molecule has 3 aromatic heterocycles. The van der Waals surface area contributed by atoms with E-state index in [9.17, 15) is 4.79 Å². The maximum atomic E-state index is 11.6. The highest BCUT2D eigenvalue weighted by atomic mass is 32.1. The number of carbonyl (C=O) groups is 1. The number of nitrogens with one attached hydrogen (secondary N) is 1. The van der Waals surface area contributed by atoms with E-state index in [-0.39, 0.29) is 18.1 Å². The topological polar surface area (TPSA) is 72.3 Å². The van der Waals surface area contributed by atoms with Gasteiger partial charge in [-0.3, -0.25) is 9.78 Å². The van der Waals surface area contributed by atoms with Gasteiger partial charge in [-0.1, -0.05) is 12.1 Å². The fourth-order valence-electron chi connectivity index (χ4n) is 3.91. The number of aryl methyl sites for hydroxylation is 1. The van der Waals surface area contributed by atoms with Crippen LogP contribution in [0.15, 0.2) is 61.1 Å². The number of hydrogen-bond acceptors (Lipinski definition) is 5. The molecule has 1 N–H and O–H groups in total. The summed E-state index contributed by atoms with van der Waals surface area (Å²) in [7, 11) is 1.41. The molecule has 7 nitrogen and oxygen atoms in total. The Kier molecular flexibility index (Phi) is 6.27. The number of thiocarbonyl (C=S) groups is 1. The molecule has 1 saturated heterocycles. The number of carbonyl (C=O) groups excluding carboxylic acids is 1. The third kappa shape index (κ3) is 4.44. The molecule has 8 heteroatoms.